The number of ether oxygens (including phenoxy) is 1. The van der Waals surface area contributed by atoms with Gasteiger partial charge in [-0.25, -0.2) is 22.8 Å². The van der Waals surface area contributed by atoms with E-state index < -0.39 is 15.7 Å². The van der Waals surface area contributed by atoms with Gasteiger partial charge in [0.25, 0.3) is 0 Å². The van der Waals surface area contributed by atoms with Crippen LogP contribution in [0.1, 0.15) is 12.5 Å². The molecule has 1 N–H and O–H groups in total. The lowest BCUT2D eigenvalue weighted by Gasteiger charge is -2.33. The third kappa shape index (κ3) is 4.28. The number of nitrogens with one attached hydrogen (secondary N) is 1. The highest BCUT2D eigenvalue weighted by atomic mass is 32.2. The van der Waals surface area contributed by atoms with Crippen LogP contribution >= 0.6 is 0 Å². The maximum absolute atomic E-state index is 14.0. The smallest absolute Gasteiger partial charge is 0.225 e. The molecule has 7 nitrogen and oxygen atoms in total. The summed E-state index contributed by atoms with van der Waals surface area (Å²) in [6.07, 6.45) is 4.15. The van der Waals surface area contributed by atoms with Crippen LogP contribution in [0.4, 0.5) is 10.3 Å². The van der Waals surface area contributed by atoms with E-state index in [0.717, 1.165) is 32.0 Å². The zero-order chi connectivity index (χ0) is 18.7. The van der Waals surface area contributed by atoms with Gasteiger partial charge in [0, 0.05) is 37.5 Å². The van der Waals surface area contributed by atoms with Crippen molar-refractivity contribution in [3.05, 3.63) is 42.0 Å². The second-order valence-corrected chi connectivity index (χ2v) is 8.30. The lowest BCUT2D eigenvalue weighted by molar-refractivity contribution is 0.297. The van der Waals surface area contributed by atoms with E-state index in [1.807, 2.05) is 0 Å². The van der Waals surface area contributed by atoms with Crippen molar-refractivity contribution in [2.75, 3.05) is 30.8 Å². The highest BCUT2D eigenvalue weighted by Crippen LogP contribution is 2.19. The van der Waals surface area contributed by atoms with Gasteiger partial charge in [-0.15, -0.1) is 0 Å². The van der Waals surface area contributed by atoms with Crippen LogP contribution in [-0.2, 0) is 16.4 Å². The molecule has 1 aliphatic heterocycles. The summed E-state index contributed by atoms with van der Waals surface area (Å²) >= 11 is 0. The first-order valence-corrected chi connectivity index (χ1v) is 10.1. The molecule has 140 valence electrons. The summed E-state index contributed by atoms with van der Waals surface area (Å²) in [7, 11) is -3.44. The standard InChI is InChI=1S/C17H21FN4O3S/c1-12-8-19-5-6-22(12)17-20-9-14(10-21-17)25-11-13-3-4-15(7-16(13)18)26(2,23)24/h3-4,7,9-10,12,19H,5-6,8,11H2,1-2H3. The van der Waals surface area contributed by atoms with E-state index in [2.05, 4.69) is 27.1 Å². The first kappa shape index (κ1) is 18.5. The quantitative estimate of drug-likeness (QED) is 0.839. The number of aromatic nitrogens is 2. The molecule has 9 heteroatoms. The number of sulfone groups is 1. The van der Waals surface area contributed by atoms with Crippen molar-refractivity contribution < 1.29 is 17.5 Å². The summed E-state index contributed by atoms with van der Waals surface area (Å²) in [6.45, 7) is 4.66. The average molecular weight is 380 g/mol. The Morgan fingerprint density at radius 2 is 2.08 bits per heavy atom. The SMILES string of the molecule is CC1CNCCN1c1ncc(OCc2ccc(S(C)(=O)=O)cc2F)cn1. The van der Waals surface area contributed by atoms with Crippen molar-refractivity contribution in [1.29, 1.82) is 0 Å². The van der Waals surface area contributed by atoms with Gasteiger partial charge in [-0.05, 0) is 19.1 Å². The van der Waals surface area contributed by atoms with Gasteiger partial charge in [-0.2, -0.15) is 0 Å². The Kier molecular flexibility index (Phi) is 5.38. The minimum absolute atomic E-state index is 0.0391. The van der Waals surface area contributed by atoms with Crippen LogP contribution in [0.15, 0.2) is 35.5 Å². The Hall–Kier alpha value is -2.26. The molecule has 1 atom stereocenters. The third-order valence-electron chi connectivity index (χ3n) is 4.22. The molecule has 0 saturated carbocycles. The lowest BCUT2D eigenvalue weighted by Crippen LogP contribution is -2.50. The molecule has 0 aliphatic carbocycles. The molecule has 1 aromatic heterocycles. The Morgan fingerprint density at radius 1 is 1.35 bits per heavy atom. The molecule has 1 aromatic carbocycles. The van der Waals surface area contributed by atoms with Gasteiger partial charge in [0.2, 0.25) is 5.95 Å². The van der Waals surface area contributed by atoms with Crippen molar-refractivity contribution in [3.63, 3.8) is 0 Å². The van der Waals surface area contributed by atoms with Gasteiger partial charge in [-0.3, -0.25) is 0 Å². The van der Waals surface area contributed by atoms with Crippen molar-refractivity contribution >= 4 is 15.8 Å². The van der Waals surface area contributed by atoms with Gasteiger partial charge >= 0.3 is 0 Å². The van der Waals surface area contributed by atoms with E-state index >= 15 is 0 Å². The predicted octanol–water partition coefficient (Wildman–Crippen LogP) is 1.40. The van der Waals surface area contributed by atoms with Gasteiger partial charge < -0.3 is 15.0 Å². The molecule has 1 saturated heterocycles. The number of piperazine rings is 1. The van der Waals surface area contributed by atoms with Crippen LogP contribution in [-0.4, -0.2) is 50.3 Å². The third-order valence-corrected chi connectivity index (χ3v) is 5.33. The van der Waals surface area contributed by atoms with Crippen LogP contribution < -0.4 is 15.0 Å². The molecule has 1 fully saturated rings. The highest BCUT2D eigenvalue weighted by Gasteiger charge is 2.20. The van der Waals surface area contributed by atoms with Gasteiger partial charge in [0.15, 0.2) is 15.6 Å². The molecule has 26 heavy (non-hydrogen) atoms. The fourth-order valence-corrected chi connectivity index (χ4v) is 3.34. The normalized spacial score (nSPS) is 18.0. The second-order valence-electron chi connectivity index (χ2n) is 6.28. The number of hydrogen-bond acceptors (Lipinski definition) is 7. The number of halogens is 1. The van der Waals surface area contributed by atoms with E-state index in [4.69, 9.17) is 4.74 Å². The fraction of sp³-hybridized carbons (Fsp3) is 0.412. The minimum Gasteiger partial charge on any atom is -0.486 e. The number of benzene rings is 1. The van der Waals surface area contributed by atoms with Crippen molar-refractivity contribution in [2.45, 2.75) is 24.5 Å². The molecule has 0 spiro atoms. The summed E-state index contributed by atoms with van der Waals surface area (Å²) in [5, 5.41) is 3.31. The number of anilines is 1. The van der Waals surface area contributed by atoms with Crippen LogP contribution in [0, 0.1) is 5.82 Å². The van der Waals surface area contributed by atoms with Gasteiger partial charge in [0.05, 0.1) is 17.3 Å². The zero-order valence-electron chi connectivity index (χ0n) is 14.6. The number of hydrogen-bond donors (Lipinski definition) is 1. The van der Waals surface area contributed by atoms with Crippen LogP contribution in [0.3, 0.4) is 0 Å². The Balaban J connectivity index is 1.65. The molecule has 3 rings (SSSR count). The minimum atomic E-state index is -3.44. The Labute approximate surface area is 152 Å². The summed E-state index contributed by atoms with van der Waals surface area (Å²) in [6, 6.07) is 4.07. The molecular formula is C17H21FN4O3S. The molecule has 2 heterocycles. The van der Waals surface area contributed by atoms with Crippen LogP contribution in [0.25, 0.3) is 0 Å². The molecule has 1 unspecified atom stereocenters. The average Bonchev–Trinajstić information content (AvgIpc) is 2.61. The highest BCUT2D eigenvalue weighted by molar-refractivity contribution is 7.90. The largest absolute Gasteiger partial charge is 0.486 e. The number of rotatable bonds is 5. The summed E-state index contributed by atoms with van der Waals surface area (Å²) in [5.41, 5.74) is 0.261. The van der Waals surface area contributed by atoms with Crippen molar-refractivity contribution in [3.8, 4) is 5.75 Å². The molecule has 0 bridgehead atoms. The van der Waals surface area contributed by atoms with Gasteiger partial charge in [0.1, 0.15) is 12.4 Å². The first-order chi connectivity index (χ1) is 12.3. The van der Waals surface area contributed by atoms with Crippen LogP contribution in [0.5, 0.6) is 5.75 Å². The number of nitrogens with zero attached hydrogens (tertiary/aromatic N) is 3. The molecule has 1 aliphatic rings. The van der Waals surface area contributed by atoms with E-state index in [0.29, 0.717) is 17.7 Å². The summed E-state index contributed by atoms with van der Waals surface area (Å²) < 4.78 is 42.4. The van der Waals surface area contributed by atoms with E-state index in [-0.39, 0.29) is 17.1 Å². The van der Waals surface area contributed by atoms with E-state index in [1.165, 1.54) is 12.1 Å². The summed E-state index contributed by atoms with van der Waals surface area (Å²) in [5.74, 6) is 0.429. The zero-order valence-corrected chi connectivity index (χ0v) is 15.5. The molecule has 0 amide bonds. The van der Waals surface area contributed by atoms with Crippen molar-refractivity contribution in [1.82, 2.24) is 15.3 Å². The second kappa shape index (κ2) is 7.55. The summed E-state index contributed by atoms with van der Waals surface area (Å²) in [4.78, 5) is 10.7. The first-order valence-electron chi connectivity index (χ1n) is 8.25. The van der Waals surface area contributed by atoms with Crippen LogP contribution in [0.2, 0.25) is 0 Å². The Bertz CT molecular complexity index is 874. The fourth-order valence-electron chi connectivity index (χ4n) is 2.71. The molecule has 2 aromatic rings. The predicted molar refractivity (Wildman–Crippen MR) is 95.6 cm³/mol. The van der Waals surface area contributed by atoms with Crippen molar-refractivity contribution in [2.24, 2.45) is 0 Å². The van der Waals surface area contributed by atoms with Gasteiger partial charge in [-0.1, -0.05) is 6.07 Å². The van der Waals surface area contributed by atoms with E-state index in [9.17, 15) is 12.8 Å². The monoisotopic (exact) mass is 380 g/mol. The topological polar surface area (TPSA) is 84.4 Å². The maximum Gasteiger partial charge on any atom is 0.225 e. The van der Waals surface area contributed by atoms with E-state index in [1.54, 1.807) is 12.4 Å². The lowest BCUT2D eigenvalue weighted by atomic mass is 10.2. The molecular weight excluding hydrogens is 359 g/mol. The maximum atomic E-state index is 14.0. The molecule has 0 radical (unpaired) electrons. The Morgan fingerprint density at radius 3 is 2.69 bits per heavy atom.